The molecule has 8 heteroatoms. The highest BCUT2D eigenvalue weighted by Crippen LogP contribution is 2.32. The number of fused-ring (bicyclic) bond motifs is 1. The quantitative estimate of drug-likeness (QED) is 0.806. The third kappa shape index (κ3) is 4.97. The molecule has 2 aliphatic heterocycles. The fourth-order valence-electron chi connectivity index (χ4n) is 3.51. The number of rotatable bonds is 5. The van der Waals surface area contributed by atoms with Crippen LogP contribution in [0.15, 0.2) is 23.1 Å². The van der Waals surface area contributed by atoms with Gasteiger partial charge in [0.2, 0.25) is 15.9 Å². The van der Waals surface area contributed by atoms with Gasteiger partial charge in [-0.15, -0.1) is 0 Å². The standard InChI is InChI=1S/C20H30N2O5S/c1-15(2)19(20(23)22-10-5-3-4-6-11-22)21-28(24,25)16-8-9-17-18(14-16)27-13-7-12-26-17/h8-9,14-15,19,21H,3-7,10-13H2,1-2H3/t19-/m1/s1. The van der Waals surface area contributed by atoms with Gasteiger partial charge in [-0.2, -0.15) is 4.72 Å². The second-order valence-electron chi connectivity index (χ2n) is 7.74. The van der Waals surface area contributed by atoms with Crippen molar-refractivity contribution in [1.82, 2.24) is 9.62 Å². The van der Waals surface area contributed by atoms with Gasteiger partial charge in [0.15, 0.2) is 11.5 Å². The Kier molecular flexibility index (Phi) is 6.82. The molecule has 1 atom stereocenters. The van der Waals surface area contributed by atoms with Crippen LogP contribution in [0.25, 0.3) is 0 Å². The molecule has 1 N–H and O–H groups in total. The Bertz CT molecular complexity index is 786. The van der Waals surface area contributed by atoms with Gasteiger partial charge in [0, 0.05) is 25.6 Å². The van der Waals surface area contributed by atoms with E-state index in [9.17, 15) is 13.2 Å². The first-order valence-electron chi connectivity index (χ1n) is 10.1. The Morgan fingerprint density at radius 2 is 1.64 bits per heavy atom. The minimum absolute atomic E-state index is 0.0751. The van der Waals surface area contributed by atoms with Crippen LogP contribution >= 0.6 is 0 Å². The number of carbonyl (C=O) groups excluding carboxylic acids is 1. The van der Waals surface area contributed by atoms with E-state index in [1.54, 1.807) is 11.0 Å². The highest BCUT2D eigenvalue weighted by Gasteiger charge is 2.32. The average molecular weight is 411 g/mol. The van der Waals surface area contributed by atoms with Crippen molar-refractivity contribution in [3.63, 3.8) is 0 Å². The molecule has 156 valence electrons. The van der Waals surface area contributed by atoms with E-state index in [1.807, 2.05) is 13.8 Å². The Morgan fingerprint density at radius 1 is 1.00 bits per heavy atom. The van der Waals surface area contributed by atoms with Gasteiger partial charge in [0.1, 0.15) is 6.04 Å². The lowest BCUT2D eigenvalue weighted by Crippen LogP contribution is -2.51. The van der Waals surface area contributed by atoms with E-state index in [0.29, 0.717) is 37.8 Å². The van der Waals surface area contributed by atoms with Gasteiger partial charge in [0.25, 0.3) is 0 Å². The summed E-state index contributed by atoms with van der Waals surface area (Å²) in [5.74, 6) is 0.651. The molecule has 0 aliphatic carbocycles. The second-order valence-corrected chi connectivity index (χ2v) is 9.46. The number of sulfonamides is 1. The molecule has 2 aliphatic rings. The maximum Gasteiger partial charge on any atom is 0.241 e. The lowest BCUT2D eigenvalue weighted by atomic mass is 10.0. The fraction of sp³-hybridized carbons (Fsp3) is 0.650. The smallest absolute Gasteiger partial charge is 0.241 e. The van der Waals surface area contributed by atoms with Crippen LogP contribution in [0.3, 0.4) is 0 Å². The van der Waals surface area contributed by atoms with Crippen molar-refractivity contribution in [2.24, 2.45) is 5.92 Å². The van der Waals surface area contributed by atoms with E-state index in [0.717, 1.165) is 32.1 Å². The van der Waals surface area contributed by atoms with Gasteiger partial charge in [0.05, 0.1) is 18.1 Å². The normalized spacial score (nSPS) is 19.0. The number of likely N-dealkylation sites (tertiary alicyclic amines) is 1. The summed E-state index contributed by atoms with van der Waals surface area (Å²) < 4.78 is 39.8. The number of hydrogen-bond acceptors (Lipinski definition) is 5. The second kappa shape index (κ2) is 9.13. The van der Waals surface area contributed by atoms with Crippen molar-refractivity contribution >= 4 is 15.9 Å². The van der Waals surface area contributed by atoms with Crippen LogP contribution in [-0.2, 0) is 14.8 Å². The summed E-state index contributed by atoms with van der Waals surface area (Å²) >= 11 is 0. The van der Waals surface area contributed by atoms with Crippen LogP contribution in [0.4, 0.5) is 0 Å². The van der Waals surface area contributed by atoms with Crippen molar-refractivity contribution in [2.75, 3.05) is 26.3 Å². The number of nitrogens with zero attached hydrogens (tertiary/aromatic N) is 1. The van der Waals surface area contributed by atoms with Crippen molar-refractivity contribution in [3.8, 4) is 11.5 Å². The zero-order valence-corrected chi connectivity index (χ0v) is 17.5. The lowest BCUT2D eigenvalue weighted by Gasteiger charge is -2.28. The molecule has 0 aromatic heterocycles. The van der Waals surface area contributed by atoms with E-state index in [-0.39, 0.29) is 16.7 Å². The monoisotopic (exact) mass is 410 g/mol. The lowest BCUT2D eigenvalue weighted by molar-refractivity contribution is -0.134. The molecule has 0 spiro atoms. The summed E-state index contributed by atoms with van der Waals surface area (Å²) in [7, 11) is -3.88. The topological polar surface area (TPSA) is 84.9 Å². The molecule has 1 fully saturated rings. The van der Waals surface area contributed by atoms with Gasteiger partial charge in [-0.25, -0.2) is 8.42 Å². The zero-order valence-electron chi connectivity index (χ0n) is 16.6. The third-order valence-electron chi connectivity index (χ3n) is 5.16. The van der Waals surface area contributed by atoms with E-state index in [4.69, 9.17) is 9.47 Å². The van der Waals surface area contributed by atoms with Crippen molar-refractivity contribution in [3.05, 3.63) is 18.2 Å². The van der Waals surface area contributed by atoms with E-state index < -0.39 is 16.1 Å². The van der Waals surface area contributed by atoms with E-state index in [1.165, 1.54) is 12.1 Å². The maximum absolute atomic E-state index is 13.0. The van der Waals surface area contributed by atoms with E-state index in [2.05, 4.69) is 4.72 Å². The Labute approximate surface area is 167 Å². The van der Waals surface area contributed by atoms with Crippen molar-refractivity contribution in [1.29, 1.82) is 0 Å². The van der Waals surface area contributed by atoms with Crippen LogP contribution in [0.5, 0.6) is 11.5 Å². The molecule has 28 heavy (non-hydrogen) atoms. The largest absolute Gasteiger partial charge is 0.490 e. The summed E-state index contributed by atoms with van der Waals surface area (Å²) in [6.45, 7) is 6.11. The molecule has 1 amide bonds. The molecule has 2 heterocycles. The van der Waals surface area contributed by atoms with Gasteiger partial charge in [-0.3, -0.25) is 4.79 Å². The highest BCUT2D eigenvalue weighted by atomic mass is 32.2. The number of ether oxygens (including phenoxy) is 2. The molecule has 0 unspecified atom stereocenters. The molecule has 1 saturated heterocycles. The number of carbonyl (C=O) groups is 1. The Morgan fingerprint density at radius 3 is 2.29 bits per heavy atom. The van der Waals surface area contributed by atoms with Gasteiger partial charge < -0.3 is 14.4 Å². The van der Waals surface area contributed by atoms with Gasteiger partial charge >= 0.3 is 0 Å². The predicted molar refractivity (Wildman–Crippen MR) is 106 cm³/mol. The van der Waals surface area contributed by atoms with Crippen molar-refractivity contribution in [2.45, 2.75) is 56.9 Å². The average Bonchev–Trinajstić information content (AvgIpc) is 3.07. The number of benzene rings is 1. The molecule has 3 rings (SSSR count). The van der Waals surface area contributed by atoms with Gasteiger partial charge in [-0.1, -0.05) is 26.7 Å². The first kappa shape index (κ1) is 20.9. The van der Waals surface area contributed by atoms with Crippen LogP contribution in [0.2, 0.25) is 0 Å². The van der Waals surface area contributed by atoms with Crippen LogP contribution in [0.1, 0.15) is 46.0 Å². The van der Waals surface area contributed by atoms with Crippen molar-refractivity contribution < 1.29 is 22.7 Å². The Hall–Kier alpha value is -1.80. The molecular weight excluding hydrogens is 380 g/mol. The number of amides is 1. The van der Waals surface area contributed by atoms with Crippen LogP contribution in [-0.4, -0.2) is 51.6 Å². The summed E-state index contributed by atoms with van der Waals surface area (Å²) in [4.78, 5) is 14.9. The van der Waals surface area contributed by atoms with Crippen LogP contribution in [0, 0.1) is 5.92 Å². The summed E-state index contributed by atoms with van der Waals surface area (Å²) in [5.41, 5.74) is 0. The minimum atomic E-state index is -3.88. The first-order chi connectivity index (χ1) is 13.4. The summed E-state index contributed by atoms with van der Waals surface area (Å²) in [6, 6.07) is 3.77. The zero-order chi connectivity index (χ0) is 20.1. The van der Waals surface area contributed by atoms with Gasteiger partial charge in [-0.05, 0) is 30.9 Å². The molecule has 0 saturated carbocycles. The maximum atomic E-state index is 13.0. The van der Waals surface area contributed by atoms with Crippen LogP contribution < -0.4 is 14.2 Å². The third-order valence-corrected chi connectivity index (χ3v) is 6.60. The molecule has 1 aromatic carbocycles. The predicted octanol–water partition coefficient (Wildman–Crippen LogP) is 2.55. The number of nitrogens with one attached hydrogen (secondary N) is 1. The number of hydrogen-bond donors (Lipinski definition) is 1. The molecule has 0 radical (unpaired) electrons. The highest BCUT2D eigenvalue weighted by molar-refractivity contribution is 7.89. The molecule has 7 nitrogen and oxygen atoms in total. The summed E-state index contributed by atoms with van der Waals surface area (Å²) in [6.07, 6.45) is 4.89. The first-order valence-corrected chi connectivity index (χ1v) is 11.6. The fourth-order valence-corrected chi connectivity index (χ4v) is 4.86. The summed E-state index contributed by atoms with van der Waals surface area (Å²) in [5, 5.41) is 0. The Balaban J connectivity index is 1.80. The molecule has 1 aromatic rings. The SMILES string of the molecule is CC(C)[C@@H](NS(=O)(=O)c1ccc2c(c1)OCCCO2)C(=O)N1CCCCCC1. The minimum Gasteiger partial charge on any atom is -0.490 e. The molecular formula is C20H30N2O5S. The van der Waals surface area contributed by atoms with E-state index >= 15 is 0 Å². The molecule has 0 bridgehead atoms.